The quantitative estimate of drug-likeness (QED) is 0.677. The molecule has 2 nitrogen and oxygen atoms in total. The fourth-order valence-electron chi connectivity index (χ4n) is 3.07. The summed E-state index contributed by atoms with van der Waals surface area (Å²) >= 11 is 0. The van der Waals surface area contributed by atoms with E-state index in [1.165, 1.54) is 12.8 Å². The van der Waals surface area contributed by atoms with Crippen molar-refractivity contribution < 1.29 is 9.90 Å². The summed E-state index contributed by atoms with van der Waals surface area (Å²) < 4.78 is 0. The third kappa shape index (κ3) is 1.50. The first-order valence-electron chi connectivity index (χ1n) is 5.05. The number of fused-ring (bicyclic) bond motifs is 1. The summed E-state index contributed by atoms with van der Waals surface area (Å²) in [5.74, 6) is 2.00. The fraction of sp³-hybridized carbons (Fsp3) is 0.727. The molecule has 0 aromatic heterocycles. The van der Waals surface area contributed by atoms with Gasteiger partial charge in [-0.1, -0.05) is 6.08 Å². The molecule has 4 atom stereocenters. The lowest BCUT2D eigenvalue weighted by molar-refractivity contribution is -0.140. The molecule has 72 valence electrons. The van der Waals surface area contributed by atoms with Gasteiger partial charge < -0.3 is 5.11 Å². The van der Waals surface area contributed by atoms with Crippen molar-refractivity contribution in [3.05, 3.63) is 12.7 Å². The van der Waals surface area contributed by atoms with Gasteiger partial charge in [0.05, 0.1) is 0 Å². The van der Waals surface area contributed by atoms with Gasteiger partial charge in [-0.3, -0.25) is 4.79 Å². The summed E-state index contributed by atoms with van der Waals surface area (Å²) in [6, 6.07) is 0. The van der Waals surface area contributed by atoms with Gasteiger partial charge in [-0.15, -0.1) is 6.58 Å². The van der Waals surface area contributed by atoms with Crippen LogP contribution in [0, 0.1) is 23.7 Å². The number of allylic oxidation sites excluding steroid dienone is 1. The van der Waals surface area contributed by atoms with Gasteiger partial charge in [-0.05, 0) is 42.9 Å². The topological polar surface area (TPSA) is 37.3 Å². The Hall–Kier alpha value is -0.790. The van der Waals surface area contributed by atoms with Gasteiger partial charge in [-0.2, -0.15) is 0 Å². The number of aliphatic carboxylic acids is 1. The molecule has 0 heterocycles. The number of rotatable bonds is 3. The lowest BCUT2D eigenvalue weighted by Gasteiger charge is -2.39. The van der Waals surface area contributed by atoms with Crippen molar-refractivity contribution in [3.8, 4) is 0 Å². The minimum atomic E-state index is -0.634. The zero-order valence-corrected chi connectivity index (χ0v) is 7.78. The summed E-state index contributed by atoms with van der Waals surface area (Å²) in [4.78, 5) is 10.5. The van der Waals surface area contributed by atoms with Crippen LogP contribution in [0.4, 0.5) is 0 Å². The lowest BCUT2D eigenvalue weighted by atomic mass is 9.65. The molecule has 1 N–H and O–H groups in total. The van der Waals surface area contributed by atoms with Crippen LogP contribution in [-0.4, -0.2) is 11.1 Å². The van der Waals surface area contributed by atoms with E-state index in [0.29, 0.717) is 24.2 Å². The molecule has 0 aliphatic heterocycles. The molecule has 0 amide bonds. The summed E-state index contributed by atoms with van der Waals surface area (Å²) in [5.41, 5.74) is 0. The van der Waals surface area contributed by atoms with Crippen LogP contribution in [0.3, 0.4) is 0 Å². The Morgan fingerprint density at radius 3 is 2.85 bits per heavy atom. The Kier molecular flexibility index (Phi) is 2.14. The highest BCUT2D eigenvalue weighted by Crippen LogP contribution is 2.54. The molecular weight excluding hydrogens is 164 g/mol. The van der Waals surface area contributed by atoms with Crippen molar-refractivity contribution in [1.82, 2.24) is 0 Å². The molecule has 2 heteroatoms. The van der Waals surface area contributed by atoms with Crippen molar-refractivity contribution in [3.63, 3.8) is 0 Å². The van der Waals surface area contributed by atoms with Crippen LogP contribution in [0.1, 0.15) is 25.7 Å². The molecule has 2 saturated carbocycles. The number of hydrogen-bond acceptors (Lipinski definition) is 1. The normalized spacial score (nSPS) is 42.2. The predicted molar refractivity (Wildman–Crippen MR) is 50.3 cm³/mol. The zero-order chi connectivity index (χ0) is 9.42. The van der Waals surface area contributed by atoms with E-state index in [9.17, 15) is 4.79 Å². The zero-order valence-electron chi connectivity index (χ0n) is 7.78. The first-order chi connectivity index (χ1) is 6.20. The first kappa shape index (κ1) is 8.79. The Morgan fingerprint density at radius 1 is 1.46 bits per heavy atom. The molecule has 0 bridgehead atoms. The number of carbonyl (C=O) groups is 1. The molecule has 2 rings (SSSR count). The van der Waals surface area contributed by atoms with Crippen LogP contribution in [0.2, 0.25) is 0 Å². The second kappa shape index (κ2) is 3.17. The van der Waals surface area contributed by atoms with E-state index in [1.807, 2.05) is 6.08 Å². The van der Waals surface area contributed by atoms with Crippen molar-refractivity contribution in [2.45, 2.75) is 25.7 Å². The maximum atomic E-state index is 10.5. The molecule has 2 aliphatic rings. The third-order valence-corrected chi connectivity index (χ3v) is 3.77. The highest BCUT2D eigenvalue weighted by atomic mass is 16.4. The molecule has 0 aromatic rings. The number of hydrogen-bond donors (Lipinski definition) is 1. The Morgan fingerprint density at radius 2 is 2.23 bits per heavy atom. The molecule has 0 radical (unpaired) electrons. The SMILES string of the molecule is C=CC1CC2C(CC(=O)O)C[C@H]2C1. The van der Waals surface area contributed by atoms with E-state index < -0.39 is 5.97 Å². The second-order valence-electron chi connectivity index (χ2n) is 4.48. The lowest BCUT2D eigenvalue weighted by Crippen LogP contribution is -2.33. The van der Waals surface area contributed by atoms with Crippen LogP contribution in [-0.2, 0) is 4.79 Å². The second-order valence-corrected chi connectivity index (χ2v) is 4.48. The smallest absolute Gasteiger partial charge is 0.303 e. The molecular formula is C11H16O2. The summed E-state index contributed by atoms with van der Waals surface area (Å²) in [5, 5.41) is 8.67. The molecule has 0 saturated heterocycles. The standard InChI is InChI=1S/C11H16O2/c1-2-7-3-8-5-9(6-11(12)13)10(8)4-7/h2,7-10H,1,3-6H2,(H,12,13)/t7?,8-,9?,10?/m1/s1. The van der Waals surface area contributed by atoms with Crippen LogP contribution >= 0.6 is 0 Å². The highest BCUT2D eigenvalue weighted by Gasteiger charge is 2.46. The van der Waals surface area contributed by atoms with Crippen LogP contribution < -0.4 is 0 Å². The van der Waals surface area contributed by atoms with Gasteiger partial charge in [0.15, 0.2) is 0 Å². The van der Waals surface area contributed by atoms with Crippen LogP contribution in [0.25, 0.3) is 0 Å². The van der Waals surface area contributed by atoms with Crippen molar-refractivity contribution in [1.29, 1.82) is 0 Å². The van der Waals surface area contributed by atoms with Gasteiger partial charge in [-0.25, -0.2) is 0 Å². The first-order valence-corrected chi connectivity index (χ1v) is 5.05. The Bertz CT molecular complexity index is 234. The minimum absolute atomic E-state index is 0.380. The van der Waals surface area contributed by atoms with Gasteiger partial charge in [0, 0.05) is 6.42 Å². The van der Waals surface area contributed by atoms with E-state index >= 15 is 0 Å². The molecule has 0 spiro atoms. The van der Waals surface area contributed by atoms with Crippen molar-refractivity contribution >= 4 is 5.97 Å². The fourth-order valence-corrected chi connectivity index (χ4v) is 3.07. The molecule has 3 unspecified atom stereocenters. The number of carboxylic acid groups (broad SMARTS) is 1. The van der Waals surface area contributed by atoms with E-state index in [4.69, 9.17) is 5.11 Å². The maximum Gasteiger partial charge on any atom is 0.303 e. The van der Waals surface area contributed by atoms with Gasteiger partial charge in [0.1, 0.15) is 0 Å². The minimum Gasteiger partial charge on any atom is -0.481 e. The van der Waals surface area contributed by atoms with E-state index in [0.717, 1.165) is 12.3 Å². The summed E-state index contributed by atoms with van der Waals surface area (Å²) in [6.45, 7) is 3.81. The Labute approximate surface area is 78.6 Å². The summed E-state index contributed by atoms with van der Waals surface area (Å²) in [7, 11) is 0. The molecule has 13 heavy (non-hydrogen) atoms. The average molecular weight is 180 g/mol. The van der Waals surface area contributed by atoms with Gasteiger partial charge in [0.25, 0.3) is 0 Å². The molecule has 2 aliphatic carbocycles. The van der Waals surface area contributed by atoms with E-state index in [1.54, 1.807) is 0 Å². The van der Waals surface area contributed by atoms with Crippen molar-refractivity contribution in [2.24, 2.45) is 23.7 Å². The van der Waals surface area contributed by atoms with Crippen LogP contribution in [0.5, 0.6) is 0 Å². The van der Waals surface area contributed by atoms with Gasteiger partial charge >= 0.3 is 5.97 Å². The largest absolute Gasteiger partial charge is 0.481 e. The molecule has 0 aromatic carbocycles. The highest BCUT2D eigenvalue weighted by molar-refractivity contribution is 5.67. The third-order valence-electron chi connectivity index (χ3n) is 3.77. The van der Waals surface area contributed by atoms with Gasteiger partial charge in [0.2, 0.25) is 0 Å². The predicted octanol–water partition coefficient (Wildman–Crippen LogP) is 2.31. The van der Waals surface area contributed by atoms with Crippen LogP contribution in [0.15, 0.2) is 12.7 Å². The maximum absolute atomic E-state index is 10.5. The Balaban J connectivity index is 1.88. The van der Waals surface area contributed by atoms with E-state index in [2.05, 4.69) is 6.58 Å². The monoisotopic (exact) mass is 180 g/mol. The number of carboxylic acids is 1. The average Bonchev–Trinajstić information content (AvgIpc) is 2.38. The molecule has 2 fully saturated rings. The van der Waals surface area contributed by atoms with Crippen molar-refractivity contribution in [2.75, 3.05) is 0 Å². The summed E-state index contributed by atoms with van der Waals surface area (Å²) in [6.07, 6.45) is 6.00. The van der Waals surface area contributed by atoms with E-state index in [-0.39, 0.29) is 0 Å².